The summed E-state index contributed by atoms with van der Waals surface area (Å²) in [5.74, 6) is 0.261. The lowest BCUT2D eigenvalue weighted by Gasteiger charge is -2.09. The van der Waals surface area contributed by atoms with Gasteiger partial charge in [-0.25, -0.2) is 4.39 Å². The Kier molecular flexibility index (Phi) is 3.66. The van der Waals surface area contributed by atoms with E-state index in [0.29, 0.717) is 17.0 Å². The molecule has 3 rings (SSSR count). The van der Waals surface area contributed by atoms with Gasteiger partial charge in [-0.05, 0) is 18.4 Å². The van der Waals surface area contributed by atoms with E-state index in [9.17, 15) is 4.39 Å². The Balaban J connectivity index is 2.00. The second-order valence-corrected chi connectivity index (χ2v) is 5.73. The van der Waals surface area contributed by atoms with Gasteiger partial charge in [0.15, 0.2) is 0 Å². The Bertz CT molecular complexity index is 620. The Morgan fingerprint density at radius 2 is 2.10 bits per heavy atom. The highest BCUT2D eigenvalue weighted by molar-refractivity contribution is 6.31. The fourth-order valence-corrected chi connectivity index (χ4v) is 3.12. The summed E-state index contributed by atoms with van der Waals surface area (Å²) in [7, 11) is 0. The molecule has 0 saturated heterocycles. The van der Waals surface area contributed by atoms with Gasteiger partial charge in [0.05, 0.1) is 16.3 Å². The largest absolute Gasteiger partial charge is 0.367 e. The van der Waals surface area contributed by atoms with E-state index in [1.807, 2.05) is 0 Å². The predicted molar refractivity (Wildman–Crippen MR) is 77.0 cm³/mol. The van der Waals surface area contributed by atoms with Crippen LogP contribution in [0.5, 0.6) is 0 Å². The van der Waals surface area contributed by atoms with Gasteiger partial charge in [0.25, 0.3) is 0 Å². The summed E-state index contributed by atoms with van der Waals surface area (Å²) in [5, 5.41) is 4.10. The molecule has 0 radical (unpaired) electrons. The standard InChI is InChI=1S/C15H16ClFN2O/c16-11-7-3-6-10(14(11)17)13-12(19-20-15(13)18)8-9-4-1-2-5-9/h3,6-7,9H,1-2,4-5,8,18H2. The molecule has 1 aromatic heterocycles. The number of nitrogen functional groups attached to an aromatic ring is 1. The number of rotatable bonds is 3. The average Bonchev–Trinajstić information content (AvgIpc) is 3.05. The lowest BCUT2D eigenvalue weighted by Crippen LogP contribution is -2.01. The van der Waals surface area contributed by atoms with Gasteiger partial charge in [-0.2, -0.15) is 0 Å². The van der Waals surface area contributed by atoms with Crippen LogP contribution in [0, 0.1) is 11.7 Å². The molecule has 0 amide bonds. The number of nitrogens with two attached hydrogens (primary N) is 1. The van der Waals surface area contributed by atoms with Gasteiger partial charge >= 0.3 is 0 Å². The molecule has 0 unspecified atom stereocenters. The van der Waals surface area contributed by atoms with Crippen molar-refractivity contribution in [3.63, 3.8) is 0 Å². The van der Waals surface area contributed by atoms with Crippen LogP contribution in [-0.4, -0.2) is 5.16 Å². The summed E-state index contributed by atoms with van der Waals surface area (Å²) in [4.78, 5) is 0. The van der Waals surface area contributed by atoms with E-state index in [0.717, 1.165) is 12.1 Å². The first-order chi connectivity index (χ1) is 9.66. The Hall–Kier alpha value is -1.55. The number of benzene rings is 1. The maximum Gasteiger partial charge on any atom is 0.230 e. The lowest BCUT2D eigenvalue weighted by molar-refractivity contribution is 0.417. The SMILES string of the molecule is Nc1onc(CC2CCCC2)c1-c1cccc(Cl)c1F. The van der Waals surface area contributed by atoms with Crippen LogP contribution in [0.4, 0.5) is 10.3 Å². The number of hydrogen-bond donors (Lipinski definition) is 1. The van der Waals surface area contributed by atoms with E-state index >= 15 is 0 Å². The summed E-state index contributed by atoms with van der Waals surface area (Å²) in [6, 6.07) is 4.87. The fraction of sp³-hybridized carbons (Fsp3) is 0.400. The number of anilines is 1. The van der Waals surface area contributed by atoms with Gasteiger partial charge < -0.3 is 10.3 Å². The number of aromatic nitrogens is 1. The van der Waals surface area contributed by atoms with Crippen molar-refractivity contribution in [2.75, 3.05) is 5.73 Å². The van der Waals surface area contributed by atoms with Crippen molar-refractivity contribution in [3.05, 3.63) is 34.7 Å². The van der Waals surface area contributed by atoms with E-state index in [1.165, 1.54) is 31.7 Å². The van der Waals surface area contributed by atoms with Gasteiger partial charge in [0, 0.05) is 5.56 Å². The molecule has 3 nitrogen and oxygen atoms in total. The van der Waals surface area contributed by atoms with Crippen LogP contribution in [0.3, 0.4) is 0 Å². The second kappa shape index (κ2) is 5.44. The smallest absolute Gasteiger partial charge is 0.230 e. The van der Waals surface area contributed by atoms with E-state index in [4.69, 9.17) is 21.9 Å². The molecule has 0 aliphatic heterocycles. The van der Waals surface area contributed by atoms with Crippen LogP contribution in [0.25, 0.3) is 11.1 Å². The van der Waals surface area contributed by atoms with Crippen molar-refractivity contribution < 1.29 is 8.91 Å². The average molecular weight is 295 g/mol. The van der Waals surface area contributed by atoms with Crippen molar-refractivity contribution in [2.45, 2.75) is 32.1 Å². The minimum absolute atomic E-state index is 0.0786. The minimum Gasteiger partial charge on any atom is -0.367 e. The van der Waals surface area contributed by atoms with Crippen LogP contribution in [-0.2, 0) is 6.42 Å². The lowest BCUT2D eigenvalue weighted by atomic mass is 9.96. The molecule has 2 aromatic rings. The van der Waals surface area contributed by atoms with Gasteiger partial charge in [-0.3, -0.25) is 0 Å². The third kappa shape index (κ3) is 2.40. The molecule has 1 aliphatic rings. The maximum absolute atomic E-state index is 14.2. The molecule has 1 heterocycles. The summed E-state index contributed by atoms with van der Waals surface area (Å²) in [5.41, 5.74) is 7.48. The van der Waals surface area contributed by atoms with Gasteiger partial charge in [0.1, 0.15) is 5.82 Å². The molecule has 20 heavy (non-hydrogen) atoms. The summed E-state index contributed by atoms with van der Waals surface area (Å²) in [6.45, 7) is 0. The zero-order chi connectivity index (χ0) is 14.1. The van der Waals surface area contributed by atoms with Crippen LogP contribution >= 0.6 is 11.6 Å². The minimum atomic E-state index is -0.475. The quantitative estimate of drug-likeness (QED) is 0.910. The number of halogens is 2. The number of hydrogen-bond acceptors (Lipinski definition) is 3. The summed E-state index contributed by atoms with van der Waals surface area (Å²) < 4.78 is 19.3. The van der Waals surface area contributed by atoms with Crippen LogP contribution < -0.4 is 5.73 Å². The zero-order valence-corrected chi connectivity index (χ0v) is 11.8. The molecular formula is C15H16ClFN2O. The Morgan fingerprint density at radius 1 is 1.35 bits per heavy atom. The van der Waals surface area contributed by atoms with Gasteiger partial charge in [-0.15, -0.1) is 0 Å². The molecule has 1 aliphatic carbocycles. The molecule has 0 bridgehead atoms. The highest BCUT2D eigenvalue weighted by atomic mass is 35.5. The predicted octanol–water partition coefficient (Wildman–Crippen LogP) is 4.45. The topological polar surface area (TPSA) is 52.0 Å². The third-order valence-electron chi connectivity index (χ3n) is 3.97. The zero-order valence-electron chi connectivity index (χ0n) is 11.0. The molecule has 0 spiro atoms. The maximum atomic E-state index is 14.2. The first-order valence-corrected chi connectivity index (χ1v) is 7.23. The highest BCUT2D eigenvalue weighted by Gasteiger charge is 2.24. The van der Waals surface area contributed by atoms with Crippen molar-refractivity contribution in [1.82, 2.24) is 5.16 Å². The Morgan fingerprint density at radius 3 is 2.85 bits per heavy atom. The molecule has 1 saturated carbocycles. The first-order valence-electron chi connectivity index (χ1n) is 6.85. The molecule has 1 fully saturated rings. The van der Waals surface area contributed by atoms with Crippen LogP contribution in [0.1, 0.15) is 31.4 Å². The Labute approximate surface area is 121 Å². The van der Waals surface area contributed by atoms with E-state index in [2.05, 4.69) is 5.16 Å². The van der Waals surface area contributed by atoms with Gasteiger partial charge in [-0.1, -0.05) is 54.6 Å². The molecule has 1 aromatic carbocycles. The third-order valence-corrected chi connectivity index (χ3v) is 4.26. The van der Waals surface area contributed by atoms with Crippen molar-refractivity contribution in [1.29, 1.82) is 0 Å². The second-order valence-electron chi connectivity index (χ2n) is 5.32. The molecule has 0 atom stereocenters. The monoisotopic (exact) mass is 294 g/mol. The van der Waals surface area contributed by atoms with Gasteiger partial charge in [0.2, 0.25) is 5.88 Å². The molecular weight excluding hydrogens is 279 g/mol. The van der Waals surface area contributed by atoms with Crippen molar-refractivity contribution in [2.24, 2.45) is 5.92 Å². The molecule has 5 heteroatoms. The van der Waals surface area contributed by atoms with Crippen molar-refractivity contribution in [3.8, 4) is 11.1 Å². The molecule has 2 N–H and O–H groups in total. The fourth-order valence-electron chi connectivity index (χ4n) is 2.95. The van der Waals surface area contributed by atoms with E-state index in [-0.39, 0.29) is 10.9 Å². The normalized spacial score (nSPS) is 15.9. The number of nitrogens with zero attached hydrogens (tertiary/aromatic N) is 1. The van der Waals surface area contributed by atoms with Crippen LogP contribution in [0.2, 0.25) is 5.02 Å². The summed E-state index contributed by atoms with van der Waals surface area (Å²) in [6.07, 6.45) is 5.65. The van der Waals surface area contributed by atoms with E-state index < -0.39 is 5.82 Å². The van der Waals surface area contributed by atoms with Crippen molar-refractivity contribution >= 4 is 17.5 Å². The van der Waals surface area contributed by atoms with E-state index in [1.54, 1.807) is 12.1 Å². The first kappa shape index (κ1) is 13.4. The molecule has 106 valence electrons. The summed E-state index contributed by atoms with van der Waals surface area (Å²) >= 11 is 5.84. The highest BCUT2D eigenvalue weighted by Crippen LogP contribution is 2.37. The van der Waals surface area contributed by atoms with Crippen LogP contribution in [0.15, 0.2) is 22.7 Å².